The van der Waals surface area contributed by atoms with Crippen LogP contribution in [0.4, 0.5) is 5.69 Å². The number of rotatable bonds is 6. The third-order valence-corrected chi connectivity index (χ3v) is 4.94. The van der Waals surface area contributed by atoms with Crippen molar-refractivity contribution in [2.45, 2.75) is 39.3 Å². The number of carbonyl (C=O) groups is 1. The van der Waals surface area contributed by atoms with Gasteiger partial charge in [0.05, 0.1) is 6.04 Å². The van der Waals surface area contributed by atoms with Gasteiger partial charge in [-0.25, -0.2) is 0 Å². The molecule has 0 spiro atoms. The van der Waals surface area contributed by atoms with Gasteiger partial charge >= 0.3 is 0 Å². The van der Waals surface area contributed by atoms with Crippen molar-refractivity contribution in [3.63, 3.8) is 0 Å². The highest BCUT2D eigenvalue weighted by Gasteiger charge is 2.14. The van der Waals surface area contributed by atoms with E-state index in [0.717, 1.165) is 43.7 Å². The second-order valence-corrected chi connectivity index (χ2v) is 7.15. The number of nitrogens with one attached hydrogen (secondary N) is 1. The van der Waals surface area contributed by atoms with Crippen molar-refractivity contribution in [2.24, 2.45) is 5.73 Å². The van der Waals surface area contributed by atoms with Gasteiger partial charge in [0.1, 0.15) is 0 Å². The minimum Gasteiger partial charge on any atom is -0.324 e. The molecule has 4 nitrogen and oxygen atoms in total. The molecule has 0 aromatic heterocycles. The highest BCUT2D eigenvalue weighted by atomic mass is 35.5. The molecule has 24 heavy (non-hydrogen) atoms. The van der Waals surface area contributed by atoms with Crippen LogP contribution in [0.1, 0.15) is 30.9 Å². The molecular weight excluding hydrogens is 365 g/mol. The smallest absolute Gasteiger partial charge is 0.241 e. The van der Waals surface area contributed by atoms with Crippen LogP contribution in [0, 0.1) is 6.92 Å². The SMILES string of the molecule is CCCC(N)C(=O)Nc1ccc(CN2CCSCC2)cc1C.Cl.Cl. The van der Waals surface area contributed by atoms with E-state index in [2.05, 4.69) is 22.3 Å². The predicted molar refractivity (Wildman–Crippen MR) is 110 cm³/mol. The van der Waals surface area contributed by atoms with E-state index in [1.165, 1.54) is 17.1 Å². The fraction of sp³-hybridized carbons (Fsp3) is 0.588. The van der Waals surface area contributed by atoms with E-state index in [0.29, 0.717) is 0 Å². The van der Waals surface area contributed by atoms with E-state index in [9.17, 15) is 4.79 Å². The summed E-state index contributed by atoms with van der Waals surface area (Å²) >= 11 is 2.03. The lowest BCUT2D eigenvalue weighted by atomic mass is 10.1. The zero-order valence-electron chi connectivity index (χ0n) is 14.4. The van der Waals surface area contributed by atoms with Crippen LogP contribution in [0.25, 0.3) is 0 Å². The number of thioether (sulfide) groups is 1. The maximum absolute atomic E-state index is 12.0. The maximum atomic E-state index is 12.0. The average molecular weight is 394 g/mol. The zero-order valence-corrected chi connectivity index (χ0v) is 16.9. The third kappa shape index (κ3) is 7.19. The molecule has 1 amide bonds. The molecule has 138 valence electrons. The monoisotopic (exact) mass is 393 g/mol. The molecule has 1 fully saturated rings. The van der Waals surface area contributed by atoms with Crippen LogP contribution >= 0.6 is 36.6 Å². The summed E-state index contributed by atoms with van der Waals surface area (Å²) < 4.78 is 0. The highest BCUT2D eigenvalue weighted by Crippen LogP contribution is 2.19. The summed E-state index contributed by atoms with van der Waals surface area (Å²) in [6.07, 6.45) is 1.64. The fourth-order valence-electron chi connectivity index (χ4n) is 2.65. The van der Waals surface area contributed by atoms with Crippen molar-refractivity contribution in [3.8, 4) is 0 Å². The summed E-state index contributed by atoms with van der Waals surface area (Å²) in [4.78, 5) is 14.5. The summed E-state index contributed by atoms with van der Waals surface area (Å²) in [6, 6.07) is 5.85. The zero-order chi connectivity index (χ0) is 15.9. The first-order valence-electron chi connectivity index (χ1n) is 8.06. The first-order valence-corrected chi connectivity index (χ1v) is 9.21. The van der Waals surface area contributed by atoms with Gasteiger partial charge in [0.25, 0.3) is 0 Å². The van der Waals surface area contributed by atoms with Crippen LogP contribution < -0.4 is 11.1 Å². The molecule has 1 aromatic rings. The fourth-order valence-corrected chi connectivity index (χ4v) is 3.63. The molecule has 7 heteroatoms. The molecule has 1 heterocycles. The predicted octanol–water partition coefficient (Wildman–Crippen LogP) is 3.45. The molecule has 1 aliphatic heterocycles. The van der Waals surface area contributed by atoms with Crippen LogP contribution in [-0.2, 0) is 11.3 Å². The third-order valence-electron chi connectivity index (χ3n) is 4.00. The second kappa shape index (κ2) is 12.0. The van der Waals surface area contributed by atoms with Crippen LogP contribution in [0.15, 0.2) is 18.2 Å². The van der Waals surface area contributed by atoms with Crippen molar-refractivity contribution in [1.29, 1.82) is 0 Å². The Hall–Kier alpha value is -0.460. The van der Waals surface area contributed by atoms with Gasteiger partial charge in [0.15, 0.2) is 0 Å². The Bertz CT molecular complexity index is 511. The number of nitrogens with zero attached hydrogens (tertiary/aromatic N) is 1. The quantitative estimate of drug-likeness (QED) is 0.776. The van der Waals surface area contributed by atoms with E-state index in [1.807, 2.05) is 31.7 Å². The lowest BCUT2D eigenvalue weighted by molar-refractivity contribution is -0.117. The van der Waals surface area contributed by atoms with Crippen molar-refractivity contribution >= 4 is 48.2 Å². The molecule has 1 atom stereocenters. The summed E-state index contributed by atoms with van der Waals surface area (Å²) in [5, 5.41) is 2.94. The van der Waals surface area contributed by atoms with Crippen LogP contribution in [0.2, 0.25) is 0 Å². The van der Waals surface area contributed by atoms with Gasteiger partial charge in [-0.15, -0.1) is 24.8 Å². The first-order chi connectivity index (χ1) is 10.6. The molecule has 0 saturated carbocycles. The Balaban J connectivity index is 0.00000264. The summed E-state index contributed by atoms with van der Waals surface area (Å²) in [6.45, 7) is 7.38. The second-order valence-electron chi connectivity index (χ2n) is 5.92. The molecule has 2 rings (SSSR count). The van der Waals surface area contributed by atoms with Gasteiger partial charge in [-0.2, -0.15) is 11.8 Å². The number of anilines is 1. The van der Waals surface area contributed by atoms with Crippen molar-refractivity contribution < 1.29 is 4.79 Å². The van der Waals surface area contributed by atoms with Crippen LogP contribution in [0.3, 0.4) is 0 Å². The Morgan fingerprint density at radius 2 is 2.00 bits per heavy atom. The number of hydrogen-bond donors (Lipinski definition) is 2. The van der Waals surface area contributed by atoms with E-state index in [4.69, 9.17) is 5.73 Å². The molecule has 1 aliphatic rings. The number of hydrogen-bond acceptors (Lipinski definition) is 4. The minimum atomic E-state index is -0.421. The standard InChI is InChI=1S/C17H27N3OS.2ClH/c1-3-4-15(18)17(21)19-16-6-5-14(11-13(16)2)12-20-7-9-22-10-8-20;;/h5-6,11,15H,3-4,7-10,12,18H2,1-2H3,(H,19,21);2*1H. The molecule has 1 unspecified atom stereocenters. The summed E-state index contributed by atoms with van der Waals surface area (Å²) in [5.41, 5.74) is 9.13. The Labute approximate surface area is 162 Å². The number of amides is 1. The van der Waals surface area contributed by atoms with E-state index in [1.54, 1.807) is 0 Å². The van der Waals surface area contributed by atoms with Gasteiger partial charge in [0, 0.05) is 36.8 Å². The number of benzene rings is 1. The number of aryl methyl sites for hydroxylation is 1. The van der Waals surface area contributed by atoms with Crippen molar-refractivity contribution in [2.75, 3.05) is 29.9 Å². The van der Waals surface area contributed by atoms with E-state index >= 15 is 0 Å². The Morgan fingerprint density at radius 1 is 1.33 bits per heavy atom. The minimum absolute atomic E-state index is 0. The normalized spacial score (nSPS) is 15.8. The lowest BCUT2D eigenvalue weighted by Gasteiger charge is -2.26. The molecular formula is C17H29Cl2N3OS. The molecule has 1 aromatic carbocycles. The van der Waals surface area contributed by atoms with Crippen LogP contribution in [0.5, 0.6) is 0 Å². The van der Waals surface area contributed by atoms with Crippen LogP contribution in [-0.4, -0.2) is 41.4 Å². The molecule has 0 bridgehead atoms. The van der Waals surface area contributed by atoms with Gasteiger partial charge in [-0.3, -0.25) is 9.69 Å². The Morgan fingerprint density at radius 3 is 2.58 bits per heavy atom. The van der Waals surface area contributed by atoms with Gasteiger partial charge in [-0.05, 0) is 30.5 Å². The highest BCUT2D eigenvalue weighted by molar-refractivity contribution is 7.99. The summed E-state index contributed by atoms with van der Waals surface area (Å²) in [7, 11) is 0. The molecule has 1 saturated heterocycles. The van der Waals surface area contributed by atoms with Gasteiger partial charge in [-0.1, -0.05) is 25.5 Å². The number of nitrogens with two attached hydrogens (primary N) is 1. The maximum Gasteiger partial charge on any atom is 0.241 e. The number of carbonyl (C=O) groups excluding carboxylic acids is 1. The molecule has 3 N–H and O–H groups in total. The van der Waals surface area contributed by atoms with E-state index < -0.39 is 6.04 Å². The van der Waals surface area contributed by atoms with Gasteiger partial charge in [0.2, 0.25) is 5.91 Å². The first kappa shape index (κ1) is 23.5. The lowest BCUT2D eigenvalue weighted by Crippen LogP contribution is -2.35. The topological polar surface area (TPSA) is 58.4 Å². The van der Waals surface area contributed by atoms with Crippen molar-refractivity contribution in [3.05, 3.63) is 29.3 Å². The van der Waals surface area contributed by atoms with Gasteiger partial charge < -0.3 is 11.1 Å². The largest absolute Gasteiger partial charge is 0.324 e. The molecule has 0 aliphatic carbocycles. The molecule has 0 radical (unpaired) electrons. The van der Waals surface area contributed by atoms with E-state index in [-0.39, 0.29) is 30.7 Å². The Kier molecular flexibility index (Phi) is 11.8. The number of halogens is 2. The van der Waals surface area contributed by atoms with Crippen molar-refractivity contribution in [1.82, 2.24) is 4.90 Å². The average Bonchev–Trinajstić information content (AvgIpc) is 2.51. The summed E-state index contributed by atoms with van der Waals surface area (Å²) in [5.74, 6) is 2.36.